The predicted molar refractivity (Wildman–Crippen MR) is 81.8 cm³/mol. The van der Waals surface area contributed by atoms with Crippen LogP contribution in [0.25, 0.3) is 0 Å². The number of halogens is 4. The molecule has 19 heavy (non-hydrogen) atoms. The summed E-state index contributed by atoms with van der Waals surface area (Å²) >= 11 is 20.7. The van der Waals surface area contributed by atoms with Crippen molar-refractivity contribution >= 4 is 56.6 Å². The molecule has 0 saturated heterocycles. The van der Waals surface area contributed by atoms with E-state index in [0.717, 1.165) is 4.47 Å². The Morgan fingerprint density at radius 2 is 1.79 bits per heavy atom. The molecular formula is C12H13BrCl3NO2. The third kappa shape index (κ3) is 5.78. The highest BCUT2D eigenvalue weighted by atomic mass is 79.9. The quantitative estimate of drug-likeness (QED) is 0.616. The number of rotatable bonds is 4. The second-order valence-corrected chi connectivity index (χ2v) is 7.44. The van der Waals surface area contributed by atoms with Crippen molar-refractivity contribution in [3.63, 3.8) is 0 Å². The number of amides is 1. The van der Waals surface area contributed by atoms with Crippen LogP contribution >= 0.6 is 50.7 Å². The fraction of sp³-hybridized carbons (Fsp3) is 0.417. The second-order valence-electron chi connectivity index (χ2n) is 4.16. The molecule has 0 spiro atoms. The molecule has 1 aromatic rings. The van der Waals surface area contributed by atoms with E-state index in [9.17, 15) is 4.79 Å². The fourth-order valence-corrected chi connectivity index (χ4v) is 1.68. The molecule has 0 saturated carbocycles. The van der Waals surface area contributed by atoms with E-state index in [1.807, 2.05) is 0 Å². The van der Waals surface area contributed by atoms with Gasteiger partial charge in [-0.15, -0.1) is 0 Å². The summed E-state index contributed by atoms with van der Waals surface area (Å²) in [6, 6.07) is 6.98. The molecule has 0 aliphatic carbocycles. The van der Waals surface area contributed by atoms with Crippen LogP contribution in [-0.2, 0) is 4.79 Å². The maximum Gasteiger partial charge on any atom is 0.246 e. The van der Waals surface area contributed by atoms with E-state index < -0.39 is 10.0 Å². The molecule has 0 heterocycles. The summed E-state index contributed by atoms with van der Waals surface area (Å²) in [5.74, 6) is 0.000357. The molecule has 0 fully saturated rings. The molecule has 106 valence electrons. The van der Waals surface area contributed by atoms with E-state index >= 15 is 0 Å². The zero-order chi connectivity index (χ0) is 14.6. The van der Waals surface area contributed by atoms with Gasteiger partial charge in [0.1, 0.15) is 5.75 Å². The van der Waals surface area contributed by atoms with Gasteiger partial charge in [-0.3, -0.25) is 4.79 Å². The lowest BCUT2D eigenvalue weighted by molar-refractivity contribution is -0.126. The molecule has 7 heteroatoms. The average Bonchev–Trinajstić information content (AvgIpc) is 2.29. The summed E-state index contributed by atoms with van der Waals surface area (Å²) in [4.78, 5) is 11.7. The van der Waals surface area contributed by atoms with Crippen molar-refractivity contribution < 1.29 is 9.53 Å². The van der Waals surface area contributed by atoms with Crippen LogP contribution in [0.4, 0.5) is 0 Å². The fourth-order valence-electron chi connectivity index (χ4n) is 1.12. The summed E-state index contributed by atoms with van der Waals surface area (Å²) in [7, 11) is 0. The highest BCUT2D eigenvalue weighted by Gasteiger charge is 2.36. The summed E-state index contributed by atoms with van der Waals surface area (Å²) in [5, 5.41) is 2.55. The Kier molecular flexibility index (Phi) is 6.24. The van der Waals surface area contributed by atoms with Crippen molar-refractivity contribution in [1.82, 2.24) is 5.32 Å². The summed E-state index contributed by atoms with van der Waals surface area (Å²) in [5.41, 5.74) is 0. The lowest BCUT2D eigenvalue weighted by Gasteiger charge is -2.27. The number of ether oxygens (including phenoxy) is 1. The van der Waals surface area contributed by atoms with Crippen molar-refractivity contribution in [3.05, 3.63) is 28.7 Å². The van der Waals surface area contributed by atoms with Crippen molar-refractivity contribution in [2.75, 3.05) is 0 Å². The van der Waals surface area contributed by atoms with Crippen LogP contribution in [-0.4, -0.2) is 15.9 Å². The van der Waals surface area contributed by atoms with Crippen molar-refractivity contribution in [2.24, 2.45) is 5.92 Å². The van der Waals surface area contributed by atoms with Crippen molar-refractivity contribution in [2.45, 2.75) is 23.9 Å². The number of carbonyl (C=O) groups is 1. The Balaban J connectivity index is 2.81. The van der Waals surface area contributed by atoms with Gasteiger partial charge in [-0.05, 0) is 24.3 Å². The first-order valence-corrected chi connectivity index (χ1v) is 7.42. The van der Waals surface area contributed by atoms with E-state index in [2.05, 4.69) is 21.2 Å². The normalized spacial score (nSPS) is 13.2. The van der Waals surface area contributed by atoms with Crippen molar-refractivity contribution in [1.29, 1.82) is 0 Å². The van der Waals surface area contributed by atoms with Crippen LogP contribution in [0.1, 0.15) is 13.8 Å². The standard InChI is InChI=1S/C12H13BrCl3NO2/c1-7(2)10(18)17-11(12(14,15)16)19-9-5-3-8(13)4-6-9/h3-7,11H,1-2H3,(H,17,18)/t11-/m1/s1. The smallest absolute Gasteiger partial charge is 0.246 e. The van der Waals surface area contributed by atoms with Gasteiger partial charge in [-0.25, -0.2) is 0 Å². The zero-order valence-corrected chi connectivity index (χ0v) is 14.1. The minimum absolute atomic E-state index is 0.233. The molecule has 1 aromatic carbocycles. The van der Waals surface area contributed by atoms with Gasteiger partial charge in [0.2, 0.25) is 15.9 Å². The number of benzene rings is 1. The topological polar surface area (TPSA) is 38.3 Å². The number of carbonyl (C=O) groups excluding carboxylic acids is 1. The molecule has 1 amide bonds. The maximum atomic E-state index is 11.7. The Labute approximate surface area is 135 Å². The van der Waals surface area contributed by atoms with Gasteiger partial charge in [0.05, 0.1) is 0 Å². The number of alkyl halides is 3. The molecule has 0 radical (unpaired) electrons. The van der Waals surface area contributed by atoms with Crippen LogP contribution < -0.4 is 10.1 Å². The third-order valence-corrected chi connectivity index (χ3v) is 3.29. The SMILES string of the molecule is CC(C)C(=O)N[C@H](Oc1ccc(Br)cc1)C(Cl)(Cl)Cl. The summed E-state index contributed by atoms with van der Waals surface area (Å²) in [6.07, 6.45) is -1.06. The van der Waals surface area contributed by atoms with Crippen LogP contribution in [0.5, 0.6) is 5.75 Å². The van der Waals surface area contributed by atoms with E-state index in [1.54, 1.807) is 38.1 Å². The molecule has 1 rings (SSSR count). The predicted octanol–water partition coefficient (Wildman–Crippen LogP) is 4.30. The van der Waals surface area contributed by atoms with Gasteiger partial charge in [0, 0.05) is 10.4 Å². The average molecular weight is 390 g/mol. The van der Waals surface area contributed by atoms with E-state index in [-0.39, 0.29) is 11.8 Å². The number of hydrogen-bond donors (Lipinski definition) is 1. The molecular weight excluding hydrogens is 376 g/mol. The van der Waals surface area contributed by atoms with Gasteiger partial charge in [0.25, 0.3) is 0 Å². The highest BCUT2D eigenvalue weighted by Crippen LogP contribution is 2.32. The minimum atomic E-state index is -1.77. The van der Waals surface area contributed by atoms with Crippen molar-refractivity contribution in [3.8, 4) is 5.75 Å². The Morgan fingerprint density at radius 3 is 2.21 bits per heavy atom. The Bertz CT molecular complexity index is 432. The lowest BCUT2D eigenvalue weighted by atomic mass is 10.2. The van der Waals surface area contributed by atoms with E-state index in [4.69, 9.17) is 39.5 Å². The first kappa shape index (κ1) is 16.9. The largest absolute Gasteiger partial charge is 0.466 e. The van der Waals surface area contributed by atoms with E-state index in [1.165, 1.54) is 0 Å². The van der Waals surface area contributed by atoms with Crippen LogP contribution in [0, 0.1) is 5.92 Å². The van der Waals surface area contributed by atoms with Gasteiger partial charge >= 0.3 is 0 Å². The molecule has 0 bridgehead atoms. The summed E-state index contributed by atoms with van der Waals surface area (Å²) in [6.45, 7) is 3.48. The Morgan fingerprint density at radius 1 is 1.26 bits per heavy atom. The monoisotopic (exact) mass is 387 g/mol. The molecule has 0 unspecified atom stereocenters. The van der Waals surface area contributed by atoms with Gasteiger partial charge in [-0.2, -0.15) is 0 Å². The maximum absolute atomic E-state index is 11.7. The van der Waals surface area contributed by atoms with E-state index in [0.29, 0.717) is 5.75 Å². The van der Waals surface area contributed by atoms with Crippen LogP contribution in [0.3, 0.4) is 0 Å². The molecule has 1 N–H and O–H groups in total. The highest BCUT2D eigenvalue weighted by molar-refractivity contribution is 9.10. The molecule has 0 aromatic heterocycles. The first-order valence-electron chi connectivity index (χ1n) is 5.49. The zero-order valence-electron chi connectivity index (χ0n) is 10.3. The second kappa shape index (κ2) is 7.02. The van der Waals surface area contributed by atoms with Gasteiger partial charge < -0.3 is 10.1 Å². The van der Waals surface area contributed by atoms with Gasteiger partial charge in [-0.1, -0.05) is 64.6 Å². The first-order chi connectivity index (χ1) is 8.70. The molecule has 0 aliphatic rings. The number of nitrogens with one attached hydrogen (secondary N) is 1. The van der Waals surface area contributed by atoms with Crippen LogP contribution in [0.2, 0.25) is 0 Å². The van der Waals surface area contributed by atoms with Crippen LogP contribution in [0.15, 0.2) is 28.7 Å². The Hall–Kier alpha value is -0.160. The third-order valence-electron chi connectivity index (χ3n) is 2.16. The van der Waals surface area contributed by atoms with Gasteiger partial charge in [0.15, 0.2) is 0 Å². The molecule has 1 atom stereocenters. The molecule has 3 nitrogen and oxygen atoms in total. The minimum Gasteiger partial charge on any atom is -0.466 e. The summed E-state index contributed by atoms with van der Waals surface area (Å²) < 4.78 is 4.64. The number of hydrogen-bond acceptors (Lipinski definition) is 2. The lowest BCUT2D eigenvalue weighted by Crippen LogP contribution is -2.49. The molecule has 0 aliphatic heterocycles.